The number of methoxy groups -OCH3 is 1. The third-order valence-corrected chi connectivity index (χ3v) is 2.50. The summed E-state index contributed by atoms with van der Waals surface area (Å²) < 4.78 is 10.1. The van der Waals surface area contributed by atoms with Gasteiger partial charge >= 0.3 is 0 Å². The number of pyridine rings is 2. The van der Waals surface area contributed by atoms with Crippen LogP contribution in [-0.2, 0) is 4.74 Å². The molecule has 0 aliphatic rings. The molecule has 2 aromatic rings. The van der Waals surface area contributed by atoms with Crippen molar-refractivity contribution in [1.29, 1.82) is 5.26 Å². The number of aromatic hydroxyl groups is 1. The average Bonchev–Trinajstić information content (AvgIpc) is 2.40. The van der Waals surface area contributed by atoms with Gasteiger partial charge in [0, 0.05) is 18.6 Å². The molecule has 7 heteroatoms. The molecule has 0 fully saturated rings. The molecule has 0 spiro atoms. The van der Waals surface area contributed by atoms with Crippen LogP contribution in [0.1, 0.15) is 5.56 Å². The fourth-order valence-corrected chi connectivity index (χ4v) is 1.57. The first-order valence-corrected chi connectivity index (χ1v) is 5.44. The van der Waals surface area contributed by atoms with E-state index in [1.807, 2.05) is 0 Å². The maximum atomic E-state index is 11.5. The van der Waals surface area contributed by atoms with Gasteiger partial charge in [-0.1, -0.05) is 0 Å². The zero-order valence-electron chi connectivity index (χ0n) is 10.1. The van der Waals surface area contributed by atoms with E-state index in [-0.39, 0.29) is 17.2 Å². The summed E-state index contributed by atoms with van der Waals surface area (Å²) in [4.78, 5) is 17.9. The first-order valence-electron chi connectivity index (χ1n) is 5.44. The summed E-state index contributed by atoms with van der Waals surface area (Å²) in [6.07, 6.45) is 1.36. The molecule has 2 rings (SSSR count). The Labute approximate surface area is 108 Å². The van der Waals surface area contributed by atoms with E-state index >= 15 is 0 Å². The van der Waals surface area contributed by atoms with Crippen molar-refractivity contribution >= 4 is 10.9 Å². The Morgan fingerprint density at radius 2 is 2.32 bits per heavy atom. The van der Waals surface area contributed by atoms with Crippen molar-refractivity contribution in [1.82, 2.24) is 9.97 Å². The molecule has 0 atom stereocenters. The lowest BCUT2D eigenvalue weighted by atomic mass is 10.2. The van der Waals surface area contributed by atoms with E-state index in [0.717, 1.165) is 0 Å². The summed E-state index contributed by atoms with van der Waals surface area (Å²) >= 11 is 0. The van der Waals surface area contributed by atoms with Crippen LogP contribution in [0.3, 0.4) is 0 Å². The molecule has 0 saturated carbocycles. The summed E-state index contributed by atoms with van der Waals surface area (Å²) in [5, 5.41) is 19.0. The number of nitriles is 1. The number of ether oxygens (including phenoxy) is 2. The zero-order chi connectivity index (χ0) is 13.8. The SMILES string of the molecule is COCCOc1cc2c(O)c(C#N)c(=O)[nH]c2cn1. The summed E-state index contributed by atoms with van der Waals surface area (Å²) in [7, 11) is 1.55. The highest BCUT2D eigenvalue weighted by Gasteiger charge is 2.12. The number of H-pyrrole nitrogens is 1. The number of rotatable bonds is 4. The van der Waals surface area contributed by atoms with Crippen LogP contribution in [0.25, 0.3) is 10.9 Å². The summed E-state index contributed by atoms with van der Waals surface area (Å²) in [6.45, 7) is 0.713. The second kappa shape index (κ2) is 5.37. The van der Waals surface area contributed by atoms with Gasteiger partial charge in [-0.25, -0.2) is 4.98 Å². The van der Waals surface area contributed by atoms with Crippen LogP contribution in [0, 0.1) is 11.3 Å². The number of nitrogens with zero attached hydrogens (tertiary/aromatic N) is 2. The Kier molecular flexibility index (Phi) is 3.63. The van der Waals surface area contributed by atoms with Gasteiger partial charge in [-0.3, -0.25) is 4.79 Å². The molecule has 2 aromatic heterocycles. The first kappa shape index (κ1) is 12.9. The molecule has 98 valence electrons. The minimum atomic E-state index is -0.651. The maximum absolute atomic E-state index is 11.5. The second-order valence-corrected chi connectivity index (χ2v) is 3.70. The van der Waals surface area contributed by atoms with E-state index < -0.39 is 5.56 Å². The Morgan fingerprint density at radius 1 is 1.53 bits per heavy atom. The van der Waals surface area contributed by atoms with E-state index in [1.165, 1.54) is 12.3 Å². The minimum absolute atomic E-state index is 0.274. The third kappa shape index (κ3) is 2.48. The number of aromatic amines is 1. The van der Waals surface area contributed by atoms with Gasteiger partial charge in [-0.2, -0.15) is 5.26 Å². The van der Waals surface area contributed by atoms with Crippen molar-refractivity contribution in [3.8, 4) is 17.7 Å². The molecule has 0 aliphatic carbocycles. The molecule has 19 heavy (non-hydrogen) atoms. The fourth-order valence-electron chi connectivity index (χ4n) is 1.57. The van der Waals surface area contributed by atoms with Gasteiger partial charge in [0.05, 0.1) is 18.3 Å². The van der Waals surface area contributed by atoms with Crippen LogP contribution in [-0.4, -0.2) is 35.4 Å². The number of nitrogens with one attached hydrogen (secondary N) is 1. The highest BCUT2D eigenvalue weighted by atomic mass is 16.5. The number of aromatic nitrogens is 2. The number of hydrogen-bond acceptors (Lipinski definition) is 6. The Morgan fingerprint density at radius 3 is 3.00 bits per heavy atom. The van der Waals surface area contributed by atoms with Crippen LogP contribution in [0.4, 0.5) is 0 Å². The van der Waals surface area contributed by atoms with Crippen molar-refractivity contribution in [2.75, 3.05) is 20.3 Å². The van der Waals surface area contributed by atoms with Crippen LogP contribution in [0.5, 0.6) is 11.6 Å². The fraction of sp³-hybridized carbons (Fsp3) is 0.250. The standard InChI is InChI=1S/C12H11N3O4/c1-18-2-3-19-10-4-7-9(6-14-10)15-12(17)8(5-13)11(7)16/h4,6H,2-3H2,1H3,(H2,15,16,17). The maximum Gasteiger partial charge on any atom is 0.270 e. The summed E-state index contributed by atoms with van der Waals surface area (Å²) in [5.41, 5.74) is -0.649. The monoisotopic (exact) mass is 261 g/mol. The Hall–Kier alpha value is -2.59. The van der Waals surface area contributed by atoms with Crippen LogP contribution >= 0.6 is 0 Å². The lowest BCUT2D eigenvalue weighted by Gasteiger charge is -2.06. The van der Waals surface area contributed by atoms with Gasteiger partial charge in [0.2, 0.25) is 5.88 Å². The normalized spacial score (nSPS) is 10.3. The minimum Gasteiger partial charge on any atom is -0.506 e. The van der Waals surface area contributed by atoms with E-state index in [0.29, 0.717) is 24.1 Å². The molecule has 0 aliphatic heterocycles. The molecule has 2 heterocycles. The lowest BCUT2D eigenvalue weighted by Crippen LogP contribution is -2.11. The predicted octanol–water partition coefficient (Wildman–Crippen LogP) is 0.526. The smallest absolute Gasteiger partial charge is 0.270 e. The summed E-state index contributed by atoms with van der Waals surface area (Å²) in [5.74, 6) is -0.101. The van der Waals surface area contributed by atoms with Crippen LogP contribution in [0.15, 0.2) is 17.1 Å². The zero-order valence-corrected chi connectivity index (χ0v) is 10.1. The van der Waals surface area contributed by atoms with Crippen LogP contribution in [0.2, 0.25) is 0 Å². The number of hydrogen-bond donors (Lipinski definition) is 2. The lowest BCUT2D eigenvalue weighted by molar-refractivity contribution is 0.144. The molecule has 0 radical (unpaired) electrons. The number of fused-ring (bicyclic) bond motifs is 1. The molecule has 0 amide bonds. The van der Waals surface area contributed by atoms with Crippen molar-refractivity contribution in [3.63, 3.8) is 0 Å². The van der Waals surface area contributed by atoms with E-state index in [1.54, 1.807) is 13.2 Å². The van der Waals surface area contributed by atoms with Gasteiger partial charge in [0.1, 0.15) is 18.4 Å². The Balaban J connectivity index is 2.47. The predicted molar refractivity (Wildman–Crippen MR) is 66.1 cm³/mol. The quantitative estimate of drug-likeness (QED) is 0.777. The molecule has 7 nitrogen and oxygen atoms in total. The Bertz CT molecular complexity index is 702. The van der Waals surface area contributed by atoms with Crippen LogP contribution < -0.4 is 10.3 Å². The largest absolute Gasteiger partial charge is 0.506 e. The third-order valence-electron chi connectivity index (χ3n) is 2.50. The molecule has 0 unspecified atom stereocenters. The molecule has 2 N–H and O–H groups in total. The van der Waals surface area contributed by atoms with Gasteiger partial charge in [-0.15, -0.1) is 0 Å². The van der Waals surface area contributed by atoms with Crippen molar-refractivity contribution in [2.24, 2.45) is 0 Å². The van der Waals surface area contributed by atoms with Gasteiger partial charge in [-0.05, 0) is 0 Å². The molecule has 0 aromatic carbocycles. The second-order valence-electron chi connectivity index (χ2n) is 3.70. The van der Waals surface area contributed by atoms with E-state index in [2.05, 4.69) is 9.97 Å². The van der Waals surface area contributed by atoms with Gasteiger partial charge in [0.25, 0.3) is 5.56 Å². The first-order chi connectivity index (χ1) is 9.17. The van der Waals surface area contributed by atoms with Crippen molar-refractivity contribution in [3.05, 3.63) is 28.2 Å². The van der Waals surface area contributed by atoms with E-state index in [9.17, 15) is 9.90 Å². The molecule has 0 bridgehead atoms. The van der Waals surface area contributed by atoms with Crippen molar-refractivity contribution in [2.45, 2.75) is 0 Å². The topological polar surface area (TPSA) is 108 Å². The molecular formula is C12H11N3O4. The van der Waals surface area contributed by atoms with Crippen molar-refractivity contribution < 1.29 is 14.6 Å². The summed E-state index contributed by atoms with van der Waals surface area (Å²) in [6, 6.07) is 3.11. The molecular weight excluding hydrogens is 250 g/mol. The highest BCUT2D eigenvalue weighted by molar-refractivity contribution is 5.86. The molecule has 0 saturated heterocycles. The van der Waals surface area contributed by atoms with Gasteiger partial charge < -0.3 is 19.6 Å². The average molecular weight is 261 g/mol. The van der Waals surface area contributed by atoms with E-state index in [4.69, 9.17) is 14.7 Å². The highest BCUT2D eigenvalue weighted by Crippen LogP contribution is 2.26. The van der Waals surface area contributed by atoms with Gasteiger partial charge in [0.15, 0.2) is 5.56 Å².